The lowest BCUT2D eigenvalue weighted by Gasteiger charge is -2.51. The van der Waals surface area contributed by atoms with Crippen LogP contribution in [0.15, 0.2) is 48.5 Å². The molecule has 2 amide bonds. The molecule has 0 bridgehead atoms. The van der Waals surface area contributed by atoms with Crippen LogP contribution in [0.1, 0.15) is 43.5 Å². The van der Waals surface area contributed by atoms with Gasteiger partial charge in [-0.3, -0.25) is 9.59 Å². The maximum absolute atomic E-state index is 13.8. The number of amides is 2. The van der Waals surface area contributed by atoms with Gasteiger partial charge < -0.3 is 19.5 Å². The maximum atomic E-state index is 13.8. The van der Waals surface area contributed by atoms with Crippen molar-refractivity contribution >= 4 is 22.7 Å². The van der Waals surface area contributed by atoms with Crippen LogP contribution in [0.2, 0.25) is 0 Å². The summed E-state index contributed by atoms with van der Waals surface area (Å²) >= 11 is 0. The van der Waals surface area contributed by atoms with Crippen LogP contribution in [-0.4, -0.2) is 53.3 Å². The minimum absolute atomic E-state index is 0.00410. The Kier molecular flexibility index (Phi) is 4.77. The number of hydrogen-bond acceptors (Lipinski definition) is 3. The van der Waals surface area contributed by atoms with Crippen LogP contribution in [0.3, 0.4) is 0 Å². The molecule has 32 heavy (non-hydrogen) atoms. The van der Waals surface area contributed by atoms with Crippen molar-refractivity contribution in [1.29, 1.82) is 0 Å². The zero-order chi connectivity index (χ0) is 22.6. The minimum atomic E-state index is -1.04. The zero-order valence-electron chi connectivity index (χ0n) is 19.0. The number of benzene rings is 2. The summed E-state index contributed by atoms with van der Waals surface area (Å²) in [5.74, 6) is 1.04. The van der Waals surface area contributed by atoms with Gasteiger partial charge in [0.2, 0.25) is 5.91 Å². The smallest absolute Gasteiger partial charge is 0.254 e. The molecule has 1 fully saturated rings. The van der Waals surface area contributed by atoms with Crippen LogP contribution in [0.4, 0.5) is 0 Å². The SMILES string of the molecule is COc1ccc([C@H]2CN3C(=O)CN(CC(C)C)C(=O)[C@]3(C)c3[nH]c4ccccc4c32)cc1. The minimum Gasteiger partial charge on any atom is -0.497 e. The lowest BCUT2D eigenvalue weighted by Crippen LogP contribution is -2.67. The number of ether oxygens (including phenoxy) is 1. The molecule has 2 aliphatic heterocycles. The van der Waals surface area contributed by atoms with Gasteiger partial charge in [-0.1, -0.05) is 44.2 Å². The van der Waals surface area contributed by atoms with Crippen LogP contribution in [0.5, 0.6) is 5.75 Å². The first-order valence-corrected chi connectivity index (χ1v) is 11.2. The monoisotopic (exact) mass is 431 g/mol. The van der Waals surface area contributed by atoms with Crippen molar-refractivity contribution < 1.29 is 14.3 Å². The zero-order valence-corrected chi connectivity index (χ0v) is 19.0. The number of piperazine rings is 1. The molecule has 2 aliphatic rings. The van der Waals surface area contributed by atoms with E-state index in [1.165, 1.54) is 0 Å². The molecule has 1 N–H and O–H groups in total. The lowest BCUT2D eigenvalue weighted by atomic mass is 9.76. The third kappa shape index (κ3) is 2.93. The van der Waals surface area contributed by atoms with E-state index >= 15 is 0 Å². The summed E-state index contributed by atoms with van der Waals surface area (Å²) in [4.78, 5) is 34.3. The second kappa shape index (κ2) is 7.40. The molecule has 3 heterocycles. The molecule has 166 valence electrons. The van der Waals surface area contributed by atoms with Gasteiger partial charge in [0.1, 0.15) is 5.75 Å². The van der Waals surface area contributed by atoms with Crippen molar-refractivity contribution in [1.82, 2.24) is 14.8 Å². The molecule has 0 radical (unpaired) electrons. The highest BCUT2D eigenvalue weighted by atomic mass is 16.5. The van der Waals surface area contributed by atoms with Gasteiger partial charge in [-0.15, -0.1) is 0 Å². The van der Waals surface area contributed by atoms with Gasteiger partial charge in [-0.2, -0.15) is 0 Å². The molecule has 2 atom stereocenters. The molecule has 0 spiro atoms. The summed E-state index contributed by atoms with van der Waals surface area (Å²) in [6.45, 7) is 7.22. The molecule has 5 rings (SSSR count). The topological polar surface area (TPSA) is 65.6 Å². The number of aromatic nitrogens is 1. The van der Waals surface area contributed by atoms with E-state index in [0.29, 0.717) is 19.0 Å². The van der Waals surface area contributed by atoms with Gasteiger partial charge in [0.25, 0.3) is 5.91 Å². The van der Waals surface area contributed by atoms with Gasteiger partial charge in [-0.25, -0.2) is 0 Å². The molecule has 0 aliphatic carbocycles. The number of aromatic amines is 1. The van der Waals surface area contributed by atoms with E-state index in [1.54, 1.807) is 16.9 Å². The van der Waals surface area contributed by atoms with E-state index < -0.39 is 5.54 Å². The number of nitrogens with zero attached hydrogens (tertiary/aromatic N) is 2. The molecule has 1 aromatic heterocycles. The highest BCUT2D eigenvalue weighted by Crippen LogP contribution is 2.48. The van der Waals surface area contributed by atoms with Crippen molar-refractivity contribution in [3.8, 4) is 5.75 Å². The van der Waals surface area contributed by atoms with Gasteiger partial charge in [0.15, 0.2) is 5.54 Å². The summed E-state index contributed by atoms with van der Waals surface area (Å²) in [5.41, 5.74) is 2.99. The fraction of sp³-hybridized carbons (Fsp3) is 0.385. The Balaban J connectivity index is 1.71. The Morgan fingerprint density at radius 3 is 2.53 bits per heavy atom. The summed E-state index contributed by atoms with van der Waals surface area (Å²) < 4.78 is 5.34. The largest absolute Gasteiger partial charge is 0.497 e. The predicted octanol–water partition coefficient (Wildman–Crippen LogP) is 3.86. The van der Waals surface area contributed by atoms with Crippen LogP contribution in [0.25, 0.3) is 10.9 Å². The number of para-hydroxylation sites is 1. The van der Waals surface area contributed by atoms with Crippen LogP contribution >= 0.6 is 0 Å². The maximum Gasteiger partial charge on any atom is 0.254 e. The van der Waals surface area contributed by atoms with Crippen LogP contribution in [-0.2, 0) is 15.1 Å². The number of fused-ring (bicyclic) bond motifs is 5. The van der Waals surface area contributed by atoms with Gasteiger partial charge in [-0.05, 0) is 42.2 Å². The van der Waals surface area contributed by atoms with Crippen molar-refractivity contribution in [3.05, 3.63) is 65.4 Å². The number of rotatable bonds is 4. The lowest BCUT2D eigenvalue weighted by molar-refractivity contribution is -0.166. The molecule has 0 unspecified atom stereocenters. The standard InChI is InChI=1S/C26H29N3O3/c1-16(2)13-28-15-22(30)29-14-20(17-9-11-18(32-4)12-10-17)23-19-7-5-6-8-21(19)27-24(23)26(29,3)25(28)31/h5-12,16,20,27H,13-15H2,1-4H3/t20-,26+/m1/s1. The molecule has 3 aromatic rings. The molecule has 1 saturated heterocycles. The third-order valence-electron chi connectivity index (χ3n) is 6.92. The van der Waals surface area contributed by atoms with Crippen molar-refractivity contribution in [2.45, 2.75) is 32.2 Å². The second-order valence-electron chi connectivity index (χ2n) is 9.44. The number of carbonyl (C=O) groups is 2. The fourth-order valence-corrected chi connectivity index (χ4v) is 5.40. The summed E-state index contributed by atoms with van der Waals surface area (Å²) in [6, 6.07) is 16.2. The summed E-state index contributed by atoms with van der Waals surface area (Å²) in [5, 5.41) is 1.10. The molecule has 6 nitrogen and oxygen atoms in total. The second-order valence-corrected chi connectivity index (χ2v) is 9.44. The molecular weight excluding hydrogens is 402 g/mol. The van der Waals surface area contributed by atoms with Crippen molar-refractivity contribution in [2.75, 3.05) is 26.7 Å². The van der Waals surface area contributed by atoms with E-state index in [-0.39, 0.29) is 24.3 Å². The molecular formula is C26H29N3O3. The normalized spacial score (nSPS) is 23.0. The Morgan fingerprint density at radius 2 is 1.84 bits per heavy atom. The Morgan fingerprint density at radius 1 is 1.12 bits per heavy atom. The van der Waals surface area contributed by atoms with E-state index in [4.69, 9.17) is 4.74 Å². The average molecular weight is 432 g/mol. The quantitative estimate of drug-likeness (QED) is 0.682. The average Bonchev–Trinajstić information content (AvgIpc) is 3.18. The van der Waals surface area contributed by atoms with E-state index in [0.717, 1.165) is 33.5 Å². The Hall–Kier alpha value is -3.28. The Labute approximate surface area is 188 Å². The molecule has 2 aromatic carbocycles. The fourth-order valence-electron chi connectivity index (χ4n) is 5.40. The summed E-state index contributed by atoms with van der Waals surface area (Å²) in [6.07, 6.45) is 0. The summed E-state index contributed by atoms with van der Waals surface area (Å²) in [7, 11) is 1.65. The van der Waals surface area contributed by atoms with E-state index in [1.807, 2.05) is 37.3 Å². The number of methoxy groups -OCH3 is 1. The van der Waals surface area contributed by atoms with Gasteiger partial charge in [0.05, 0.1) is 19.3 Å². The van der Waals surface area contributed by atoms with Crippen molar-refractivity contribution in [3.63, 3.8) is 0 Å². The van der Waals surface area contributed by atoms with Gasteiger partial charge >= 0.3 is 0 Å². The first kappa shape index (κ1) is 20.6. The van der Waals surface area contributed by atoms with E-state index in [9.17, 15) is 9.59 Å². The number of hydrogen-bond donors (Lipinski definition) is 1. The Bertz CT molecular complexity index is 1200. The van der Waals surface area contributed by atoms with Crippen molar-refractivity contribution in [2.24, 2.45) is 5.92 Å². The van der Waals surface area contributed by atoms with Gasteiger partial charge in [0, 0.05) is 29.9 Å². The van der Waals surface area contributed by atoms with Crippen LogP contribution in [0, 0.1) is 5.92 Å². The predicted molar refractivity (Wildman–Crippen MR) is 124 cm³/mol. The number of carbonyl (C=O) groups excluding carboxylic acids is 2. The highest BCUT2D eigenvalue weighted by Gasteiger charge is 2.56. The molecule has 6 heteroatoms. The molecule has 0 saturated carbocycles. The third-order valence-corrected chi connectivity index (χ3v) is 6.92. The number of nitrogens with one attached hydrogen (secondary N) is 1. The first-order valence-electron chi connectivity index (χ1n) is 11.2. The highest BCUT2D eigenvalue weighted by molar-refractivity contribution is 6.01. The first-order chi connectivity index (χ1) is 15.3. The van der Waals surface area contributed by atoms with E-state index in [2.05, 4.69) is 37.0 Å². The number of H-pyrrole nitrogens is 1. The van der Waals surface area contributed by atoms with Crippen LogP contribution < -0.4 is 4.74 Å².